The lowest BCUT2D eigenvalue weighted by Crippen LogP contribution is -2.45. The molecule has 0 aliphatic carbocycles. The Morgan fingerprint density at radius 3 is 2.80 bits per heavy atom. The molecule has 4 heteroatoms. The summed E-state index contributed by atoms with van der Waals surface area (Å²) in [5.41, 5.74) is 4.10. The van der Waals surface area contributed by atoms with Crippen LogP contribution in [0.4, 0.5) is 0 Å². The number of methoxy groups -OCH3 is 1. The Morgan fingerprint density at radius 2 is 2.04 bits per heavy atom. The molecule has 134 valence electrons. The van der Waals surface area contributed by atoms with Gasteiger partial charge in [0.1, 0.15) is 5.75 Å². The van der Waals surface area contributed by atoms with Crippen molar-refractivity contribution in [2.24, 2.45) is 0 Å². The maximum atomic E-state index is 6.14. The van der Waals surface area contributed by atoms with Crippen LogP contribution >= 0.6 is 11.6 Å². The van der Waals surface area contributed by atoms with Gasteiger partial charge in [0.15, 0.2) is 0 Å². The summed E-state index contributed by atoms with van der Waals surface area (Å²) in [6.07, 6.45) is 0. The van der Waals surface area contributed by atoms with Crippen molar-refractivity contribution < 1.29 is 4.74 Å². The van der Waals surface area contributed by atoms with Gasteiger partial charge in [-0.1, -0.05) is 55.8 Å². The van der Waals surface area contributed by atoms with E-state index in [1.54, 1.807) is 7.11 Å². The highest BCUT2D eigenvalue weighted by Gasteiger charge is 2.23. The fraction of sp³-hybridized carbons (Fsp3) is 0.429. The molecule has 2 aromatic carbocycles. The third kappa shape index (κ3) is 4.35. The van der Waals surface area contributed by atoms with Gasteiger partial charge in [0, 0.05) is 32.2 Å². The van der Waals surface area contributed by atoms with Gasteiger partial charge in [-0.3, -0.25) is 4.90 Å². The van der Waals surface area contributed by atoms with E-state index in [-0.39, 0.29) is 0 Å². The molecule has 0 amide bonds. The molecular weight excluding hydrogens is 332 g/mol. The Balaban J connectivity index is 1.74. The van der Waals surface area contributed by atoms with Gasteiger partial charge in [0.25, 0.3) is 0 Å². The molecule has 1 atom stereocenters. The first-order chi connectivity index (χ1) is 12.1. The predicted octanol–water partition coefficient (Wildman–Crippen LogP) is 4.62. The molecule has 0 radical (unpaired) electrons. The number of rotatable bonds is 5. The molecular formula is C21H27ClN2O. The molecule has 0 unspecified atom stereocenters. The summed E-state index contributed by atoms with van der Waals surface area (Å²) in [6.45, 7) is 8.50. The summed E-state index contributed by atoms with van der Waals surface area (Å²) < 4.78 is 5.34. The highest BCUT2D eigenvalue weighted by Crippen LogP contribution is 2.29. The van der Waals surface area contributed by atoms with Crippen LogP contribution < -0.4 is 10.1 Å². The Labute approximate surface area is 155 Å². The van der Waals surface area contributed by atoms with Crippen molar-refractivity contribution >= 4 is 11.6 Å². The van der Waals surface area contributed by atoms with Crippen LogP contribution in [0.1, 0.15) is 42.5 Å². The van der Waals surface area contributed by atoms with Crippen LogP contribution in [0.5, 0.6) is 5.75 Å². The van der Waals surface area contributed by atoms with E-state index < -0.39 is 0 Å². The first kappa shape index (κ1) is 18.2. The number of piperazine rings is 1. The second-order valence-corrected chi connectivity index (χ2v) is 7.40. The van der Waals surface area contributed by atoms with E-state index >= 15 is 0 Å². The molecule has 1 saturated heterocycles. The van der Waals surface area contributed by atoms with Crippen molar-refractivity contribution in [3.8, 4) is 5.75 Å². The van der Waals surface area contributed by atoms with Crippen molar-refractivity contribution in [1.29, 1.82) is 0 Å². The number of hydrogen-bond donors (Lipinski definition) is 1. The lowest BCUT2D eigenvalue weighted by Gasteiger charge is -2.35. The Hall–Kier alpha value is -1.55. The average Bonchev–Trinajstić information content (AvgIpc) is 2.63. The van der Waals surface area contributed by atoms with Gasteiger partial charge in [-0.25, -0.2) is 0 Å². The first-order valence-corrected chi connectivity index (χ1v) is 9.33. The van der Waals surface area contributed by atoms with Gasteiger partial charge >= 0.3 is 0 Å². The van der Waals surface area contributed by atoms with Crippen molar-refractivity contribution in [2.45, 2.75) is 32.4 Å². The third-order valence-corrected chi connectivity index (χ3v) is 5.19. The second-order valence-electron chi connectivity index (χ2n) is 6.99. The van der Waals surface area contributed by atoms with Gasteiger partial charge < -0.3 is 10.1 Å². The SMILES string of the molecule is COc1cc(CN2CCN[C@H](c3ccccc3C(C)C)C2)ccc1Cl. The molecule has 1 aliphatic rings. The normalized spacial score (nSPS) is 18.5. The molecule has 1 heterocycles. The van der Waals surface area contributed by atoms with E-state index in [4.69, 9.17) is 16.3 Å². The van der Waals surface area contributed by atoms with E-state index in [2.05, 4.69) is 54.4 Å². The zero-order valence-corrected chi connectivity index (χ0v) is 16.0. The zero-order chi connectivity index (χ0) is 17.8. The van der Waals surface area contributed by atoms with Crippen LogP contribution in [0.15, 0.2) is 42.5 Å². The number of benzene rings is 2. The van der Waals surface area contributed by atoms with E-state index in [1.165, 1.54) is 16.7 Å². The number of nitrogens with one attached hydrogen (secondary N) is 1. The minimum atomic E-state index is 0.376. The minimum Gasteiger partial charge on any atom is -0.495 e. The van der Waals surface area contributed by atoms with E-state index in [0.29, 0.717) is 17.0 Å². The quantitative estimate of drug-likeness (QED) is 0.844. The van der Waals surface area contributed by atoms with E-state index in [9.17, 15) is 0 Å². The molecule has 25 heavy (non-hydrogen) atoms. The monoisotopic (exact) mass is 358 g/mol. The number of ether oxygens (including phenoxy) is 1. The zero-order valence-electron chi connectivity index (χ0n) is 15.3. The van der Waals surface area contributed by atoms with Crippen LogP contribution in [0.3, 0.4) is 0 Å². The van der Waals surface area contributed by atoms with Crippen molar-refractivity contribution in [3.63, 3.8) is 0 Å². The standard InChI is InChI=1S/C21H27ClN2O/c1-15(2)17-6-4-5-7-18(17)20-14-24(11-10-23-20)13-16-8-9-19(22)21(12-16)25-3/h4-9,12,15,20,23H,10-11,13-14H2,1-3H3/t20-/m0/s1. The van der Waals surface area contributed by atoms with Crippen molar-refractivity contribution in [1.82, 2.24) is 10.2 Å². The molecule has 2 aromatic rings. The highest BCUT2D eigenvalue weighted by atomic mass is 35.5. The molecule has 0 bridgehead atoms. The van der Waals surface area contributed by atoms with Crippen LogP contribution in [0.25, 0.3) is 0 Å². The Morgan fingerprint density at radius 1 is 1.24 bits per heavy atom. The van der Waals surface area contributed by atoms with Crippen LogP contribution in [0.2, 0.25) is 5.02 Å². The molecule has 3 nitrogen and oxygen atoms in total. The summed E-state index contributed by atoms with van der Waals surface area (Å²) in [7, 11) is 1.66. The number of hydrogen-bond acceptors (Lipinski definition) is 3. The smallest absolute Gasteiger partial charge is 0.137 e. The minimum absolute atomic E-state index is 0.376. The van der Waals surface area contributed by atoms with E-state index in [0.717, 1.165) is 31.9 Å². The Bertz CT molecular complexity index is 717. The van der Waals surface area contributed by atoms with Crippen molar-refractivity contribution in [2.75, 3.05) is 26.7 Å². The summed E-state index contributed by atoms with van der Waals surface area (Å²) in [6, 6.07) is 15.2. The van der Waals surface area contributed by atoms with Gasteiger partial charge in [-0.05, 0) is 34.7 Å². The first-order valence-electron chi connectivity index (χ1n) is 8.95. The van der Waals surface area contributed by atoms with Gasteiger partial charge in [0.05, 0.1) is 12.1 Å². The topological polar surface area (TPSA) is 24.5 Å². The van der Waals surface area contributed by atoms with Crippen LogP contribution in [0, 0.1) is 0 Å². The number of nitrogens with zero attached hydrogens (tertiary/aromatic N) is 1. The summed E-state index contributed by atoms with van der Waals surface area (Å²) in [4.78, 5) is 2.50. The summed E-state index contributed by atoms with van der Waals surface area (Å²) in [5, 5.41) is 4.35. The molecule has 1 aliphatic heterocycles. The van der Waals surface area contributed by atoms with Crippen LogP contribution in [-0.2, 0) is 6.54 Å². The maximum Gasteiger partial charge on any atom is 0.137 e. The van der Waals surface area contributed by atoms with Gasteiger partial charge in [0.2, 0.25) is 0 Å². The van der Waals surface area contributed by atoms with Gasteiger partial charge in [-0.2, -0.15) is 0 Å². The highest BCUT2D eigenvalue weighted by molar-refractivity contribution is 6.32. The molecule has 0 spiro atoms. The predicted molar refractivity (Wildman–Crippen MR) is 105 cm³/mol. The average molecular weight is 359 g/mol. The largest absolute Gasteiger partial charge is 0.495 e. The fourth-order valence-electron chi connectivity index (χ4n) is 3.58. The van der Waals surface area contributed by atoms with Gasteiger partial charge in [-0.15, -0.1) is 0 Å². The summed E-state index contributed by atoms with van der Waals surface area (Å²) in [5.74, 6) is 1.28. The number of halogens is 1. The second kappa shape index (κ2) is 8.22. The van der Waals surface area contributed by atoms with Crippen molar-refractivity contribution in [3.05, 3.63) is 64.2 Å². The molecule has 3 rings (SSSR count). The summed E-state index contributed by atoms with van der Waals surface area (Å²) >= 11 is 6.14. The lowest BCUT2D eigenvalue weighted by molar-refractivity contribution is 0.192. The molecule has 0 aromatic heterocycles. The fourth-order valence-corrected chi connectivity index (χ4v) is 3.77. The third-order valence-electron chi connectivity index (χ3n) is 4.87. The van der Waals surface area contributed by atoms with E-state index in [1.807, 2.05) is 12.1 Å². The maximum absolute atomic E-state index is 6.14. The molecule has 1 fully saturated rings. The molecule has 0 saturated carbocycles. The molecule has 1 N–H and O–H groups in total. The Kier molecular flexibility index (Phi) is 6.00. The van der Waals surface area contributed by atoms with Crippen LogP contribution in [-0.4, -0.2) is 31.6 Å². The lowest BCUT2D eigenvalue weighted by atomic mass is 9.92.